The smallest absolute Gasteiger partial charge is 0.232 e. The Bertz CT molecular complexity index is 1110. The van der Waals surface area contributed by atoms with E-state index in [1.807, 2.05) is 44.3 Å². The number of fused-ring (bicyclic) bond motifs is 1. The van der Waals surface area contributed by atoms with Crippen molar-refractivity contribution in [2.24, 2.45) is 0 Å². The molecular formula is C24H27N5O2. The molecule has 7 heteroatoms. The van der Waals surface area contributed by atoms with Crippen LogP contribution < -0.4 is 20.7 Å². The Labute approximate surface area is 182 Å². The number of ether oxygens (including phenoxy) is 1. The highest BCUT2D eigenvalue weighted by Gasteiger charge is 2.37. The standard InChI is InChI=1S/C24H27N5O2/c1-14-5-10-18(11-20(14)31-4)29-21(30)12-19(16-6-8-17(26-3)9-7-16)15(2)22-23(29)24(25)28-13-27-22/h5-11,13,15,19,26H,12H2,1-4H3,(H2,25,27,28). The summed E-state index contributed by atoms with van der Waals surface area (Å²) in [5.41, 5.74) is 11.4. The third-order valence-electron chi connectivity index (χ3n) is 6.06. The molecule has 0 aliphatic carbocycles. The minimum atomic E-state index is -0.0549. The number of amides is 1. The van der Waals surface area contributed by atoms with Gasteiger partial charge in [-0.2, -0.15) is 0 Å². The Hall–Kier alpha value is -3.61. The Morgan fingerprint density at radius 2 is 1.90 bits per heavy atom. The van der Waals surface area contributed by atoms with E-state index in [-0.39, 0.29) is 23.6 Å². The number of carbonyl (C=O) groups excluding carboxylic acids is 1. The van der Waals surface area contributed by atoms with Gasteiger partial charge in [0.25, 0.3) is 0 Å². The third kappa shape index (κ3) is 3.67. The van der Waals surface area contributed by atoms with Crippen LogP contribution in [0.2, 0.25) is 0 Å². The highest BCUT2D eigenvalue weighted by Crippen LogP contribution is 2.46. The van der Waals surface area contributed by atoms with Crippen LogP contribution in [0.25, 0.3) is 0 Å². The van der Waals surface area contributed by atoms with Crippen LogP contribution in [0.1, 0.15) is 42.0 Å². The van der Waals surface area contributed by atoms with Crippen LogP contribution >= 0.6 is 0 Å². The monoisotopic (exact) mass is 417 g/mol. The number of hydrogen-bond acceptors (Lipinski definition) is 6. The molecule has 2 unspecified atom stereocenters. The van der Waals surface area contributed by atoms with Gasteiger partial charge in [0.1, 0.15) is 17.8 Å². The fraction of sp³-hybridized carbons (Fsp3) is 0.292. The van der Waals surface area contributed by atoms with E-state index < -0.39 is 0 Å². The van der Waals surface area contributed by atoms with Gasteiger partial charge in [-0.15, -0.1) is 0 Å². The molecule has 3 N–H and O–H groups in total. The van der Waals surface area contributed by atoms with Crippen LogP contribution in [-0.4, -0.2) is 30.0 Å². The Morgan fingerprint density at radius 1 is 1.16 bits per heavy atom. The van der Waals surface area contributed by atoms with Crippen LogP contribution in [0.4, 0.5) is 22.9 Å². The molecule has 0 saturated heterocycles. The lowest BCUT2D eigenvalue weighted by Gasteiger charge is -2.24. The molecule has 1 aliphatic rings. The number of methoxy groups -OCH3 is 1. The Morgan fingerprint density at radius 3 is 2.58 bits per heavy atom. The number of nitrogens with one attached hydrogen (secondary N) is 1. The van der Waals surface area contributed by atoms with Crippen molar-refractivity contribution in [3.8, 4) is 5.75 Å². The van der Waals surface area contributed by atoms with Gasteiger partial charge in [0.05, 0.1) is 18.5 Å². The molecular weight excluding hydrogens is 390 g/mol. The summed E-state index contributed by atoms with van der Waals surface area (Å²) in [4.78, 5) is 24.0. The van der Waals surface area contributed by atoms with E-state index in [2.05, 4.69) is 34.3 Å². The number of aryl methyl sites for hydroxylation is 1. The van der Waals surface area contributed by atoms with Gasteiger partial charge < -0.3 is 15.8 Å². The summed E-state index contributed by atoms with van der Waals surface area (Å²) in [5.74, 6) is 0.876. The molecule has 1 amide bonds. The number of anilines is 4. The van der Waals surface area contributed by atoms with Crippen molar-refractivity contribution in [3.63, 3.8) is 0 Å². The van der Waals surface area contributed by atoms with Gasteiger partial charge in [0.15, 0.2) is 5.82 Å². The quantitative estimate of drug-likeness (QED) is 0.655. The number of nitrogen functional groups attached to an aromatic ring is 1. The molecule has 1 aliphatic heterocycles. The van der Waals surface area contributed by atoms with Crippen molar-refractivity contribution in [2.45, 2.75) is 32.1 Å². The molecule has 2 aromatic carbocycles. The Kier molecular flexibility index (Phi) is 5.50. The van der Waals surface area contributed by atoms with Gasteiger partial charge in [-0.05, 0) is 36.2 Å². The lowest BCUT2D eigenvalue weighted by atomic mass is 9.83. The van der Waals surface area contributed by atoms with Gasteiger partial charge >= 0.3 is 0 Å². The van der Waals surface area contributed by atoms with E-state index in [0.29, 0.717) is 23.5 Å². The van der Waals surface area contributed by atoms with Crippen molar-refractivity contribution in [1.29, 1.82) is 0 Å². The van der Waals surface area contributed by atoms with Gasteiger partial charge in [-0.25, -0.2) is 9.97 Å². The first-order chi connectivity index (χ1) is 14.9. The molecule has 0 bridgehead atoms. The summed E-state index contributed by atoms with van der Waals surface area (Å²) in [7, 11) is 3.51. The fourth-order valence-corrected chi connectivity index (χ4v) is 4.26. The van der Waals surface area contributed by atoms with Crippen LogP contribution in [0.3, 0.4) is 0 Å². The number of nitrogens with two attached hydrogens (primary N) is 1. The van der Waals surface area contributed by atoms with Gasteiger partial charge in [-0.3, -0.25) is 9.69 Å². The summed E-state index contributed by atoms with van der Waals surface area (Å²) in [6.45, 7) is 4.06. The van der Waals surface area contributed by atoms with Gasteiger partial charge in [0, 0.05) is 37.1 Å². The largest absolute Gasteiger partial charge is 0.496 e. The topological polar surface area (TPSA) is 93.4 Å². The highest BCUT2D eigenvalue weighted by atomic mass is 16.5. The zero-order chi connectivity index (χ0) is 22.1. The number of rotatable bonds is 4. The predicted molar refractivity (Wildman–Crippen MR) is 123 cm³/mol. The molecule has 0 radical (unpaired) electrons. The Balaban J connectivity index is 1.86. The average Bonchev–Trinajstić information content (AvgIpc) is 2.90. The number of benzene rings is 2. The highest BCUT2D eigenvalue weighted by molar-refractivity contribution is 6.04. The van der Waals surface area contributed by atoms with Crippen molar-refractivity contribution in [3.05, 3.63) is 65.6 Å². The second-order valence-corrected chi connectivity index (χ2v) is 7.85. The first-order valence-corrected chi connectivity index (χ1v) is 10.3. The summed E-state index contributed by atoms with van der Waals surface area (Å²) in [6.07, 6.45) is 1.79. The first kappa shape index (κ1) is 20.7. The molecule has 7 nitrogen and oxygen atoms in total. The van der Waals surface area contributed by atoms with Crippen molar-refractivity contribution >= 4 is 28.8 Å². The molecule has 31 heavy (non-hydrogen) atoms. The normalized spacial score (nSPS) is 18.3. The molecule has 3 aromatic rings. The van der Waals surface area contributed by atoms with Crippen molar-refractivity contribution < 1.29 is 9.53 Å². The molecule has 160 valence electrons. The van der Waals surface area contributed by atoms with E-state index in [4.69, 9.17) is 10.5 Å². The molecule has 0 spiro atoms. The van der Waals surface area contributed by atoms with Gasteiger partial charge in [-0.1, -0.05) is 25.1 Å². The number of aromatic nitrogens is 2. The average molecular weight is 418 g/mol. The number of carbonyl (C=O) groups is 1. The SMILES string of the molecule is CNc1ccc(C2CC(=O)N(c3ccc(C)c(OC)c3)c3c(N)ncnc3C2C)cc1. The van der Waals surface area contributed by atoms with E-state index >= 15 is 0 Å². The minimum absolute atomic E-state index is 0.0259. The number of hydrogen-bond donors (Lipinski definition) is 2. The van der Waals surface area contributed by atoms with E-state index in [0.717, 1.165) is 22.5 Å². The fourth-order valence-electron chi connectivity index (χ4n) is 4.26. The molecule has 2 atom stereocenters. The third-order valence-corrected chi connectivity index (χ3v) is 6.06. The predicted octanol–water partition coefficient (Wildman–Crippen LogP) is 4.37. The lowest BCUT2D eigenvalue weighted by molar-refractivity contribution is -0.118. The summed E-state index contributed by atoms with van der Waals surface area (Å²) in [5, 5.41) is 3.13. The zero-order valence-electron chi connectivity index (χ0n) is 18.2. The van der Waals surface area contributed by atoms with Gasteiger partial charge in [0.2, 0.25) is 5.91 Å². The summed E-state index contributed by atoms with van der Waals surface area (Å²) < 4.78 is 5.49. The van der Waals surface area contributed by atoms with Crippen LogP contribution in [-0.2, 0) is 4.79 Å². The molecule has 0 saturated carbocycles. The maximum absolute atomic E-state index is 13.6. The molecule has 1 aromatic heterocycles. The maximum Gasteiger partial charge on any atom is 0.232 e. The second-order valence-electron chi connectivity index (χ2n) is 7.85. The molecule has 4 rings (SSSR count). The minimum Gasteiger partial charge on any atom is -0.496 e. The van der Waals surface area contributed by atoms with Crippen LogP contribution in [0, 0.1) is 6.92 Å². The summed E-state index contributed by atoms with van der Waals surface area (Å²) in [6, 6.07) is 13.9. The van der Waals surface area contributed by atoms with E-state index in [9.17, 15) is 4.79 Å². The lowest BCUT2D eigenvalue weighted by Crippen LogP contribution is -2.27. The van der Waals surface area contributed by atoms with Crippen LogP contribution in [0.5, 0.6) is 5.75 Å². The van der Waals surface area contributed by atoms with E-state index in [1.165, 1.54) is 6.33 Å². The van der Waals surface area contributed by atoms with E-state index in [1.54, 1.807) is 12.0 Å². The van der Waals surface area contributed by atoms with Crippen molar-refractivity contribution in [2.75, 3.05) is 30.1 Å². The first-order valence-electron chi connectivity index (χ1n) is 10.3. The van der Waals surface area contributed by atoms with Crippen LogP contribution in [0.15, 0.2) is 48.8 Å². The second kappa shape index (κ2) is 8.26. The van der Waals surface area contributed by atoms with Crippen molar-refractivity contribution in [1.82, 2.24) is 9.97 Å². The summed E-state index contributed by atoms with van der Waals surface area (Å²) >= 11 is 0. The molecule has 2 heterocycles. The zero-order valence-corrected chi connectivity index (χ0v) is 18.2. The number of nitrogens with zero attached hydrogens (tertiary/aromatic N) is 3. The molecule has 0 fully saturated rings. The maximum atomic E-state index is 13.6.